The number of ether oxygens (including phenoxy) is 1. The molecular weight excluding hydrogens is 245 g/mol. The van der Waals surface area contributed by atoms with Crippen LogP contribution >= 0.6 is 0 Å². The molecule has 4 heteroatoms. The van der Waals surface area contributed by atoms with Crippen LogP contribution in [0.4, 0.5) is 4.39 Å². The highest BCUT2D eigenvalue weighted by Crippen LogP contribution is 2.28. The molecule has 0 saturated heterocycles. The van der Waals surface area contributed by atoms with Crippen LogP contribution < -0.4 is 10.1 Å². The first-order chi connectivity index (χ1) is 9.25. The van der Waals surface area contributed by atoms with Gasteiger partial charge in [0, 0.05) is 6.54 Å². The Kier molecular flexibility index (Phi) is 5.61. The molecule has 0 radical (unpaired) electrons. The number of aliphatic hydroxyl groups excluding tert-OH is 1. The van der Waals surface area contributed by atoms with E-state index in [1.54, 1.807) is 18.2 Å². The summed E-state index contributed by atoms with van der Waals surface area (Å²) < 4.78 is 18.5. The summed E-state index contributed by atoms with van der Waals surface area (Å²) in [5.74, 6) is 0.669. The maximum absolute atomic E-state index is 13.3. The lowest BCUT2D eigenvalue weighted by atomic mass is 9.83. The molecule has 0 heterocycles. The monoisotopic (exact) mass is 267 g/mol. The molecule has 106 valence electrons. The molecule has 0 aliphatic heterocycles. The van der Waals surface area contributed by atoms with Crippen LogP contribution in [0.25, 0.3) is 0 Å². The summed E-state index contributed by atoms with van der Waals surface area (Å²) in [4.78, 5) is 0. The molecule has 1 atom stereocenters. The van der Waals surface area contributed by atoms with Crippen molar-refractivity contribution in [2.75, 3.05) is 19.7 Å². The summed E-state index contributed by atoms with van der Waals surface area (Å²) >= 11 is 0. The molecule has 1 aromatic carbocycles. The number of halogens is 1. The Morgan fingerprint density at radius 2 is 2.16 bits per heavy atom. The second-order valence-electron chi connectivity index (χ2n) is 5.18. The van der Waals surface area contributed by atoms with Crippen molar-refractivity contribution in [3.63, 3.8) is 0 Å². The van der Waals surface area contributed by atoms with Crippen molar-refractivity contribution in [2.24, 2.45) is 5.92 Å². The summed E-state index contributed by atoms with van der Waals surface area (Å²) in [6.45, 7) is 1.53. The van der Waals surface area contributed by atoms with Crippen LogP contribution in [-0.2, 0) is 0 Å². The van der Waals surface area contributed by atoms with Crippen LogP contribution in [0.2, 0.25) is 0 Å². The van der Waals surface area contributed by atoms with Crippen LogP contribution in [0, 0.1) is 11.7 Å². The van der Waals surface area contributed by atoms with E-state index in [1.165, 1.54) is 31.7 Å². The predicted octanol–water partition coefficient (Wildman–Crippen LogP) is 2.35. The molecule has 19 heavy (non-hydrogen) atoms. The number of aliphatic hydroxyl groups is 1. The number of hydrogen-bond donors (Lipinski definition) is 2. The van der Waals surface area contributed by atoms with Gasteiger partial charge in [0.15, 0.2) is 11.6 Å². The van der Waals surface area contributed by atoms with Gasteiger partial charge in [-0.05, 0) is 31.0 Å². The standard InChI is InChI=1S/C15H22FNO2/c16-14-6-1-2-7-15(14)19-11-13(18)10-17-9-8-12-4-3-5-12/h1-2,6-7,12-13,17-18H,3-5,8-11H2. The smallest absolute Gasteiger partial charge is 0.165 e. The maximum Gasteiger partial charge on any atom is 0.165 e. The lowest BCUT2D eigenvalue weighted by Gasteiger charge is -2.25. The molecule has 0 spiro atoms. The third-order valence-electron chi connectivity index (χ3n) is 3.60. The van der Waals surface area contributed by atoms with E-state index in [4.69, 9.17) is 4.74 Å². The molecular formula is C15H22FNO2. The van der Waals surface area contributed by atoms with E-state index in [2.05, 4.69) is 5.32 Å². The van der Waals surface area contributed by atoms with Crippen molar-refractivity contribution in [3.05, 3.63) is 30.1 Å². The normalized spacial score (nSPS) is 16.9. The van der Waals surface area contributed by atoms with Crippen molar-refractivity contribution in [1.29, 1.82) is 0 Å². The van der Waals surface area contributed by atoms with Gasteiger partial charge in [-0.1, -0.05) is 31.4 Å². The van der Waals surface area contributed by atoms with E-state index in [0.29, 0.717) is 6.54 Å². The Hall–Kier alpha value is -1.13. The Balaban J connectivity index is 1.56. The molecule has 1 aromatic rings. The van der Waals surface area contributed by atoms with Crippen molar-refractivity contribution in [1.82, 2.24) is 5.32 Å². The lowest BCUT2D eigenvalue weighted by molar-refractivity contribution is 0.103. The molecule has 1 fully saturated rings. The van der Waals surface area contributed by atoms with E-state index in [-0.39, 0.29) is 12.4 Å². The summed E-state index contributed by atoms with van der Waals surface area (Å²) in [7, 11) is 0. The number of nitrogens with one attached hydrogen (secondary N) is 1. The second-order valence-corrected chi connectivity index (χ2v) is 5.18. The number of benzene rings is 1. The molecule has 2 N–H and O–H groups in total. The molecule has 0 bridgehead atoms. The SMILES string of the molecule is OC(CNCCC1CCC1)COc1ccccc1F. The van der Waals surface area contributed by atoms with E-state index in [9.17, 15) is 9.50 Å². The number of para-hydroxylation sites is 1. The highest BCUT2D eigenvalue weighted by molar-refractivity contribution is 5.23. The second kappa shape index (κ2) is 7.46. The van der Waals surface area contributed by atoms with Gasteiger partial charge in [-0.25, -0.2) is 4.39 Å². The minimum Gasteiger partial charge on any atom is -0.488 e. The van der Waals surface area contributed by atoms with Gasteiger partial charge in [0.25, 0.3) is 0 Å². The van der Waals surface area contributed by atoms with Gasteiger partial charge >= 0.3 is 0 Å². The zero-order valence-corrected chi connectivity index (χ0v) is 11.1. The van der Waals surface area contributed by atoms with Crippen molar-refractivity contribution < 1.29 is 14.2 Å². The third-order valence-corrected chi connectivity index (χ3v) is 3.60. The van der Waals surface area contributed by atoms with Gasteiger partial charge in [-0.3, -0.25) is 0 Å². The van der Waals surface area contributed by atoms with Gasteiger partial charge in [-0.2, -0.15) is 0 Å². The van der Waals surface area contributed by atoms with Crippen LogP contribution in [0.5, 0.6) is 5.75 Å². The minimum absolute atomic E-state index is 0.108. The molecule has 0 aromatic heterocycles. The predicted molar refractivity (Wildman–Crippen MR) is 72.7 cm³/mol. The quantitative estimate of drug-likeness (QED) is 0.710. The van der Waals surface area contributed by atoms with Gasteiger partial charge in [0.05, 0.1) is 0 Å². The van der Waals surface area contributed by atoms with Gasteiger partial charge in [0.2, 0.25) is 0 Å². The topological polar surface area (TPSA) is 41.5 Å². The minimum atomic E-state index is -0.610. The summed E-state index contributed by atoms with van der Waals surface area (Å²) in [6, 6.07) is 6.23. The summed E-state index contributed by atoms with van der Waals surface area (Å²) in [5, 5.41) is 12.9. The van der Waals surface area contributed by atoms with E-state index in [0.717, 1.165) is 12.5 Å². The molecule has 0 amide bonds. The summed E-state index contributed by atoms with van der Waals surface area (Å²) in [6.07, 6.45) is 4.63. The van der Waals surface area contributed by atoms with E-state index < -0.39 is 11.9 Å². The number of hydrogen-bond acceptors (Lipinski definition) is 3. The maximum atomic E-state index is 13.3. The Morgan fingerprint density at radius 1 is 1.37 bits per heavy atom. The average Bonchev–Trinajstić information content (AvgIpc) is 2.35. The molecule has 1 unspecified atom stereocenters. The van der Waals surface area contributed by atoms with Crippen molar-refractivity contribution in [3.8, 4) is 5.75 Å². The zero-order chi connectivity index (χ0) is 13.5. The first-order valence-electron chi connectivity index (χ1n) is 7.02. The number of rotatable bonds is 8. The van der Waals surface area contributed by atoms with Crippen LogP contribution in [0.15, 0.2) is 24.3 Å². The Bertz CT molecular complexity index is 382. The highest BCUT2D eigenvalue weighted by Gasteiger charge is 2.16. The fourth-order valence-corrected chi connectivity index (χ4v) is 2.16. The molecule has 3 nitrogen and oxygen atoms in total. The fraction of sp³-hybridized carbons (Fsp3) is 0.600. The van der Waals surface area contributed by atoms with Crippen molar-refractivity contribution in [2.45, 2.75) is 31.8 Å². The molecule has 1 saturated carbocycles. The van der Waals surface area contributed by atoms with Crippen LogP contribution in [0.3, 0.4) is 0 Å². The van der Waals surface area contributed by atoms with Crippen LogP contribution in [-0.4, -0.2) is 30.9 Å². The van der Waals surface area contributed by atoms with Gasteiger partial charge in [-0.15, -0.1) is 0 Å². The lowest BCUT2D eigenvalue weighted by Crippen LogP contribution is -2.33. The summed E-state index contributed by atoms with van der Waals surface area (Å²) in [5.41, 5.74) is 0. The highest BCUT2D eigenvalue weighted by atomic mass is 19.1. The van der Waals surface area contributed by atoms with Gasteiger partial charge in [0.1, 0.15) is 12.7 Å². The largest absolute Gasteiger partial charge is 0.488 e. The van der Waals surface area contributed by atoms with E-state index in [1.807, 2.05) is 0 Å². The fourth-order valence-electron chi connectivity index (χ4n) is 2.16. The third kappa shape index (κ3) is 4.80. The zero-order valence-electron chi connectivity index (χ0n) is 11.1. The van der Waals surface area contributed by atoms with Crippen LogP contribution in [0.1, 0.15) is 25.7 Å². The molecule has 1 aliphatic rings. The van der Waals surface area contributed by atoms with Crippen molar-refractivity contribution >= 4 is 0 Å². The first-order valence-corrected chi connectivity index (χ1v) is 7.02. The van der Waals surface area contributed by atoms with E-state index >= 15 is 0 Å². The average molecular weight is 267 g/mol. The Labute approximate surface area is 113 Å². The Morgan fingerprint density at radius 3 is 2.84 bits per heavy atom. The first kappa shape index (κ1) is 14.3. The molecule has 1 aliphatic carbocycles. The van der Waals surface area contributed by atoms with Gasteiger partial charge < -0.3 is 15.2 Å². The molecule has 2 rings (SSSR count).